The van der Waals surface area contributed by atoms with Crippen LogP contribution < -0.4 is 5.32 Å². The molecule has 0 aliphatic rings. The average molecular weight is 240 g/mol. The fourth-order valence-corrected chi connectivity index (χ4v) is 1.39. The highest BCUT2D eigenvalue weighted by molar-refractivity contribution is 9.10. The van der Waals surface area contributed by atoms with Crippen LogP contribution in [0, 0.1) is 0 Å². The number of halogens is 1. The largest absolute Gasteiger partial charge is 0.307 e. The van der Waals surface area contributed by atoms with Gasteiger partial charge in [0.1, 0.15) is 0 Å². The minimum atomic E-state index is 0.381. The van der Waals surface area contributed by atoms with Crippen LogP contribution in [0.5, 0.6) is 0 Å². The number of benzene rings is 1. The van der Waals surface area contributed by atoms with Gasteiger partial charge in [-0.15, -0.1) is 6.58 Å². The second kappa shape index (κ2) is 5.20. The van der Waals surface area contributed by atoms with Crippen LogP contribution in [0.3, 0.4) is 0 Å². The Morgan fingerprint density at radius 1 is 1.46 bits per heavy atom. The molecule has 0 saturated heterocycles. The zero-order valence-electron chi connectivity index (χ0n) is 7.76. The minimum Gasteiger partial charge on any atom is -0.307 e. The van der Waals surface area contributed by atoms with Crippen molar-refractivity contribution in [3.63, 3.8) is 0 Å². The summed E-state index contributed by atoms with van der Waals surface area (Å²) in [4.78, 5) is 0. The zero-order valence-corrected chi connectivity index (χ0v) is 9.34. The molecule has 70 valence electrons. The monoisotopic (exact) mass is 239 g/mol. The molecule has 0 aliphatic heterocycles. The number of hydrogen-bond donors (Lipinski definition) is 1. The van der Waals surface area contributed by atoms with Gasteiger partial charge in [-0.25, -0.2) is 0 Å². The van der Waals surface area contributed by atoms with Crippen molar-refractivity contribution in [2.75, 3.05) is 6.54 Å². The van der Waals surface area contributed by atoms with E-state index in [1.807, 2.05) is 6.08 Å². The molecular formula is C11H14BrN. The van der Waals surface area contributed by atoms with E-state index in [9.17, 15) is 0 Å². The summed E-state index contributed by atoms with van der Waals surface area (Å²) in [6.45, 7) is 6.66. The molecule has 0 heterocycles. The summed E-state index contributed by atoms with van der Waals surface area (Å²) < 4.78 is 1.12. The summed E-state index contributed by atoms with van der Waals surface area (Å²) in [6.07, 6.45) is 1.87. The molecule has 0 saturated carbocycles. The molecule has 2 heteroatoms. The maximum absolute atomic E-state index is 3.67. The molecule has 1 nitrogen and oxygen atoms in total. The van der Waals surface area contributed by atoms with Gasteiger partial charge in [0.2, 0.25) is 0 Å². The lowest BCUT2D eigenvalue weighted by atomic mass is 10.1. The van der Waals surface area contributed by atoms with Gasteiger partial charge in [-0.2, -0.15) is 0 Å². The van der Waals surface area contributed by atoms with Crippen molar-refractivity contribution in [2.24, 2.45) is 0 Å². The molecule has 0 spiro atoms. The standard InChI is InChI=1S/C11H14BrN/c1-3-8-13-9(2)10-4-6-11(12)7-5-10/h3-7,9,13H,1,8H2,2H3/t9-/m1/s1. The highest BCUT2D eigenvalue weighted by Gasteiger charge is 2.01. The molecule has 1 aromatic rings. The first-order chi connectivity index (χ1) is 6.24. The Morgan fingerprint density at radius 2 is 2.08 bits per heavy atom. The summed E-state index contributed by atoms with van der Waals surface area (Å²) in [5.74, 6) is 0. The quantitative estimate of drug-likeness (QED) is 0.796. The highest BCUT2D eigenvalue weighted by Crippen LogP contribution is 2.15. The summed E-state index contributed by atoms with van der Waals surface area (Å²) in [7, 11) is 0. The summed E-state index contributed by atoms with van der Waals surface area (Å²) in [6, 6.07) is 8.73. The van der Waals surface area contributed by atoms with Crippen molar-refractivity contribution in [3.8, 4) is 0 Å². The van der Waals surface area contributed by atoms with E-state index in [-0.39, 0.29) is 0 Å². The summed E-state index contributed by atoms with van der Waals surface area (Å²) in [5.41, 5.74) is 1.30. The molecule has 1 atom stereocenters. The Kier molecular flexibility index (Phi) is 4.19. The summed E-state index contributed by atoms with van der Waals surface area (Å²) >= 11 is 3.41. The van der Waals surface area contributed by atoms with Crippen LogP contribution >= 0.6 is 15.9 Å². The van der Waals surface area contributed by atoms with Crippen LogP contribution in [0.15, 0.2) is 41.4 Å². The van der Waals surface area contributed by atoms with Crippen LogP contribution in [-0.2, 0) is 0 Å². The smallest absolute Gasteiger partial charge is 0.0294 e. The van der Waals surface area contributed by atoms with Crippen molar-refractivity contribution in [3.05, 3.63) is 47.0 Å². The molecule has 1 N–H and O–H groups in total. The topological polar surface area (TPSA) is 12.0 Å². The molecule has 13 heavy (non-hydrogen) atoms. The molecule has 1 aromatic carbocycles. The Balaban J connectivity index is 2.60. The van der Waals surface area contributed by atoms with Crippen LogP contribution in [0.25, 0.3) is 0 Å². The van der Waals surface area contributed by atoms with Gasteiger partial charge in [0.15, 0.2) is 0 Å². The van der Waals surface area contributed by atoms with Crippen LogP contribution in [0.1, 0.15) is 18.5 Å². The van der Waals surface area contributed by atoms with Gasteiger partial charge < -0.3 is 5.32 Å². The fraction of sp³-hybridized carbons (Fsp3) is 0.273. The van der Waals surface area contributed by atoms with E-state index in [2.05, 4.69) is 59.0 Å². The average Bonchev–Trinajstić information content (AvgIpc) is 2.15. The Bertz CT molecular complexity index is 266. The molecule has 0 amide bonds. The van der Waals surface area contributed by atoms with Crippen molar-refractivity contribution < 1.29 is 0 Å². The predicted octanol–water partition coefficient (Wildman–Crippen LogP) is 3.29. The van der Waals surface area contributed by atoms with E-state index in [1.54, 1.807) is 0 Å². The summed E-state index contributed by atoms with van der Waals surface area (Å²) in [5, 5.41) is 3.33. The second-order valence-electron chi connectivity index (χ2n) is 2.97. The third-order valence-corrected chi connectivity index (χ3v) is 2.47. The van der Waals surface area contributed by atoms with Crippen LogP contribution in [0.4, 0.5) is 0 Å². The van der Waals surface area contributed by atoms with E-state index in [0.717, 1.165) is 11.0 Å². The fourth-order valence-electron chi connectivity index (χ4n) is 1.13. The molecule has 0 bridgehead atoms. The number of rotatable bonds is 4. The molecule has 0 aliphatic carbocycles. The van der Waals surface area contributed by atoms with Crippen LogP contribution in [0.2, 0.25) is 0 Å². The van der Waals surface area contributed by atoms with Gasteiger partial charge in [-0.1, -0.05) is 34.1 Å². The second-order valence-corrected chi connectivity index (χ2v) is 3.89. The van der Waals surface area contributed by atoms with Crippen molar-refractivity contribution in [1.29, 1.82) is 0 Å². The lowest BCUT2D eigenvalue weighted by Crippen LogP contribution is -2.18. The SMILES string of the molecule is C=CCN[C@H](C)c1ccc(Br)cc1. The molecule has 0 radical (unpaired) electrons. The van der Waals surface area contributed by atoms with Crippen molar-refractivity contribution in [1.82, 2.24) is 5.32 Å². The van der Waals surface area contributed by atoms with Gasteiger partial charge in [-0.3, -0.25) is 0 Å². The predicted molar refractivity (Wildman–Crippen MR) is 60.8 cm³/mol. The Labute approximate surface area is 88.0 Å². The Hall–Kier alpha value is -0.600. The number of nitrogens with one attached hydrogen (secondary N) is 1. The van der Waals surface area contributed by atoms with Gasteiger partial charge in [-0.05, 0) is 24.6 Å². The first kappa shape index (κ1) is 10.5. The first-order valence-corrected chi connectivity index (χ1v) is 5.13. The number of hydrogen-bond acceptors (Lipinski definition) is 1. The molecule has 0 fully saturated rings. The lowest BCUT2D eigenvalue weighted by Gasteiger charge is -2.12. The molecule has 0 aromatic heterocycles. The van der Waals surface area contributed by atoms with Gasteiger partial charge in [0.05, 0.1) is 0 Å². The van der Waals surface area contributed by atoms with E-state index in [1.165, 1.54) is 5.56 Å². The van der Waals surface area contributed by atoms with E-state index in [0.29, 0.717) is 6.04 Å². The first-order valence-electron chi connectivity index (χ1n) is 4.34. The normalized spacial score (nSPS) is 12.5. The van der Waals surface area contributed by atoms with Gasteiger partial charge in [0, 0.05) is 17.1 Å². The third-order valence-electron chi connectivity index (χ3n) is 1.94. The zero-order chi connectivity index (χ0) is 9.68. The van der Waals surface area contributed by atoms with Crippen molar-refractivity contribution >= 4 is 15.9 Å². The van der Waals surface area contributed by atoms with Gasteiger partial charge in [0.25, 0.3) is 0 Å². The van der Waals surface area contributed by atoms with Crippen molar-refractivity contribution in [2.45, 2.75) is 13.0 Å². The molecule has 1 rings (SSSR count). The Morgan fingerprint density at radius 3 is 2.62 bits per heavy atom. The minimum absolute atomic E-state index is 0.381. The van der Waals surface area contributed by atoms with Crippen LogP contribution in [-0.4, -0.2) is 6.54 Å². The molecule has 0 unspecified atom stereocenters. The van der Waals surface area contributed by atoms with E-state index < -0.39 is 0 Å². The lowest BCUT2D eigenvalue weighted by molar-refractivity contribution is 0.617. The van der Waals surface area contributed by atoms with Gasteiger partial charge >= 0.3 is 0 Å². The maximum atomic E-state index is 3.67. The molecular weight excluding hydrogens is 226 g/mol. The third kappa shape index (κ3) is 3.33. The van der Waals surface area contributed by atoms with E-state index >= 15 is 0 Å². The van der Waals surface area contributed by atoms with E-state index in [4.69, 9.17) is 0 Å². The highest BCUT2D eigenvalue weighted by atomic mass is 79.9. The maximum Gasteiger partial charge on any atom is 0.0294 e.